The normalized spacial score (nSPS) is 15.4. The minimum atomic E-state index is -0.653. The lowest BCUT2D eigenvalue weighted by molar-refractivity contribution is -0.139. The van der Waals surface area contributed by atoms with E-state index in [0.29, 0.717) is 0 Å². The van der Waals surface area contributed by atoms with Gasteiger partial charge in [0.25, 0.3) is 0 Å². The third kappa shape index (κ3) is 4.25. The number of nitrogens with zero attached hydrogens (tertiary/aromatic N) is 2. The minimum absolute atomic E-state index is 0.0410. The van der Waals surface area contributed by atoms with E-state index in [1.165, 1.54) is 0 Å². The van der Waals surface area contributed by atoms with Crippen LogP contribution in [0, 0.1) is 0 Å². The summed E-state index contributed by atoms with van der Waals surface area (Å²) < 4.78 is 11.2. The van der Waals surface area contributed by atoms with Crippen LogP contribution in [0.1, 0.15) is 52.0 Å². The van der Waals surface area contributed by atoms with Gasteiger partial charge in [0.15, 0.2) is 11.3 Å². The molecule has 0 saturated carbocycles. The molecule has 0 fully saturated rings. The minimum Gasteiger partial charge on any atom is -0.462 e. The van der Waals surface area contributed by atoms with Crippen LogP contribution in [0.25, 0.3) is 17.1 Å². The number of fused-ring (bicyclic) bond motifs is 1. The molecule has 0 atom stereocenters. The monoisotopic (exact) mass is 411 g/mol. The van der Waals surface area contributed by atoms with Crippen LogP contribution >= 0.6 is 0 Å². The summed E-state index contributed by atoms with van der Waals surface area (Å²) in [6, 6.07) is 3.91. The van der Waals surface area contributed by atoms with Gasteiger partial charge < -0.3 is 19.4 Å². The SMILES string of the molecule is CCCC(CCC)N(C)C1=C(C(=O)OCC)C(=O)/C(=C/c2c[nH]c3ncccc23)O1. The Morgan fingerprint density at radius 2 is 2.03 bits per heavy atom. The van der Waals surface area contributed by atoms with Gasteiger partial charge in [0, 0.05) is 36.4 Å². The van der Waals surface area contributed by atoms with Crippen molar-refractivity contribution in [3.05, 3.63) is 47.3 Å². The number of carbonyl (C=O) groups is 2. The molecule has 2 aromatic rings. The first kappa shape index (κ1) is 21.6. The van der Waals surface area contributed by atoms with Crippen molar-refractivity contribution in [1.82, 2.24) is 14.9 Å². The highest BCUT2D eigenvalue weighted by molar-refractivity contribution is 6.26. The van der Waals surface area contributed by atoms with Gasteiger partial charge in [0.2, 0.25) is 11.7 Å². The third-order valence-corrected chi connectivity index (χ3v) is 5.23. The van der Waals surface area contributed by atoms with Gasteiger partial charge in [0.1, 0.15) is 5.65 Å². The van der Waals surface area contributed by atoms with E-state index in [1.807, 2.05) is 24.1 Å². The van der Waals surface area contributed by atoms with Gasteiger partial charge in [0.05, 0.1) is 6.61 Å². The molecule has 7 nitrogen and oxygen atoms in total. The lowest BCUT2D eigenvalue weighted by Crippen LogP contribution is -2.32. The second-order valence-corrected chi connectivity index (χ2v) is 7.33. The summed E-state index contributed by atoms with van der Waals surface area (Å²) in [5, 5.41) is 0.871. The molecule has 2 aromatic heterocycles. The van der Waals surface area contributed by atoms with Crippen molar-refractivity contribution < 1.29 is 19.1 Å². The molecule has 0 saturated heterocycles. The molecular weight excluding hydrogens is 382 g/mol. The second-order valence-electron chi connectivity index (χ2n) is 7.33. The van der Waals surface area contributed by atoms with E-state index in [2.05, 4.69) is 23.8 Å². The molecule has 7 heteroatoms. The lowest BCUT2D eigenvalue weighted by atomic mass is 10.0. The van der Waals surface area contributed by atoms with E-state index in [-0.39, 0.29) is 29.9 Å². The number of ether oxygens (including phenoxy) is 2. The van der Waals surface area contributed by atoms with Crippen LogP contribution < -0.4 is 0 Å². The fourth-order valence-corrected chi connectivity index (χ4v) is 3.75. The van der Waals surface area contributed by atoms with Gasteiger partial charge in [-0.2, -0.15) is 0 Å². The quantitative estimate of drug-likeness (QED) is 0.379. The van der Waals surface area contributed by atoms with Crippen molar-refractivity contribution in [2.24, 2.45) is 0 Å². The number of Topliss-reactive ketones (excluding diaryl/α,β-unsaturated/α-hetero) is 1. The van der Waals surface area contributed by atoms with E-state index in [4.69, 9.17) is 9.47 Å². The van der Waals surface area contributed by atoms with E-state index in [0.717, 1.165) is 42.3 Å². The Bertz CT molecular complexity index is 983. The summed E-state index contributed by atoms with van der Waals surface area (Å²) >= 11 is 0. The Balaban J connectivity index is 1.99. The summed E-state index contributed by atoms with van der Waals surface area (Å²) in [4.78, 5) is 35.0. The van der Waals surface area contributed by atoms with E-state index < -0.39 is 11.8 Å². The number of aromatic nitrogens is 2. The van der Waals surface area contributed by atoms with Gasteiger partial charge in [-0.25, -0.2) is 9.78 Å². The molecular formula is C23H29N3O4. The van der Waals surface area contributed by atoms with Crippen LogP contribution in [0.5, 0.6) is 0 Å². The summed E-state index contributed by atoms with van der Waals surface area (Å²) in [5.74, 6) is -0.730. The molecule has 0 unspecified atom stereocenters. The highest BCUT2D eigenvalue weighted by Crippen LogP contribution is 2.32. The summed E-state index contributed by atoms with van der Waals surface area (Å²) in [5.41, 5.74) is 1.45. The van der Waals surface area contributed by atoms with Crippen LogP contribution in [0.2, 0.25) is 0 Å². The maximum absolute atomic E-state index is 13.1. The van der Waals surface area contributed by atoms with Gasteiger partial charge in [-0.05, 0) is 38.0 Å². The number of hydrogen-bond acceptors (Lipinski definition) is 6. The average molecular weight is 412 g/mol. The Labute approximate surface area is 176 Å². The summed E-state index contributed by atoms with van der Waals surface area (Å²) in [6.45, 7) is 6.14. The second kappa shape index (κ2) is 9.61. The van der Waals surface area contributed by atoms with Gasteiger partial charge in [-0.1, -0.05) is 26.7 Å². The van der Waals surface area contributed by atoms with E-state index >= 15 is 0 Å². The number of ketones is 1. The number of nitrogens with one attached hydrogen (secondary N) is 1. The predicted molar refractivity (Wildman–Crippen MR) is 115 cm³/mol. The number of hydrogen-bond donors (Lipinski definition) is 1. The number of carbonyl (C=O) groups excluding carboxylic acids is 2. The number of allylic oxidation sites excluding steroid dienone is 1. The molecule has 3 rings (SSSR count). The van der Waals surface area contributed by atoms with Crippen molar-refractivity contribution in [3.8, 4) is 0 Å². The van der Waals surface area contributed by atoms with E-state index in [1.54, 1.807) is 25.4 Å². The fraction of sp³-hybridized carbons (Fsp3) is 0.435. The van der Waals surface area contributed by atoms with Crippen LogP contribution in [0.3, 0.4) is 0 Å². The standard InChI is InChI=1S/C23H29N3O4/c1-5-9-16(10-6-2)26(4)22-19(23(28)29-7-3)20(27)18(30-22)13-15-14-25-21-17(15)11-8-12-24-21/h8,11-14,16H,5-7,9-10H2,1-4H3,(H,24,25)/b18-13-. The third-order valence-electron chi connectivity index (χ3n) is 5.23. The molecule has 3 heterocycles. The van der Waals surface area contributed by atoms with Gasteiger partial charge in [-0.3, -0.25) is 4.79 Å². The predicted octanol–water partition coefficient (Wildman–Crippen LogP) is 4.18. The van der Waals surface area contributed by atoms with Crippen LogP contribution in [0.15, 0.2) is 41.7 Å². The number of pyridine rings is 1. The zero-order valence-corrected chi connectivity index (χ0v) is 18.0. The first-order valence-corrected chi connectivity index (χ1v) is 10.5. The molecule has 0 radical (unpaired) electrons. The zero-order chi connectivity index (χ0) is 21.7. The Morgan fingerprint density at radius 1 is 1.30 bits per heavy atom. The molecule has 0 spiro atoms. The largest absolute Gasteiger partial charge is 0.462 e. The summed E-state index contributed by atoms with van der Waals surface area (Å²) in [7, 11) is 1.87. The molecule has 1 aliphatic rings. The first-order chi connectivity index (χ1) is 14.5. The smallest absolute Gasteiger partial charge is 0.347 e. The van der Waals surface area contributed by atoms with E-state index in [9.17, 15) is 9.59 Å². The van der Waals surface area contributed by atoms with Crippen molar-refractivity contribution in [2.75, 3.05) is 13.7 Å². The molecule has 0 aliphatic carbocycles. The number of rotatable bonds is 9. The maximum Gasteiger partial charge on any atom is 0.347 e. The lowest BCUT2D eigenvalue weighted by Gasteiger charge is -2.30. The maximum atomic E-state index is 13.1. The Kier molecular flexibility index (Phi) is 6.92. The molecule has 0 bridgehead atoms. The van der Waals surface area contributed by atoms with Gasteiger partial charge in [-0.15, -0.1) is 0 Å². The zero-order valence-electron chi connectivity index (χ0n) is 18.0. The first-order valence-electron chi connectivity index (χ1n) is 10.5. The van der Waals surface area contributed by atoms with Crippen molar-refractivity contribution >= 4 is 28.9 Å². The number of esters is 1. The van der Waals surface area contributed by atoms with Crippen LogP contribution in [0.4, 0.5) is 0 Å². The van der Waals surface area contributed by atoms with Gasteiger partial charge >= 0.3 is 5.97 Å². The molecule has 160 valence electrons. The molecule has 30 heavy (non-hydrogen) atoms. The fourth-order valence-electron chi connectivity index (χ4n) is 3.75. The van der Waals surface area contributed by atoms with Crippen LogP contribution in [-0.4, -0.2) is 46.3 Å². The molecule has 0 amide bonds. The highest BCUT2D eigenvalue weighted by Gasteiger charge is 2.39. The average Bonchev–Trinajstić information content (AvgIpc) is 3.29. The van der Waals surface area contributed by atoms with Crippen molar-refractivity contribution in [3.63, 3.8) is 0 Å². The number of H-pyrrole nitrogens is 1. The molecule has 1 aliphatic heterocycles. The van der Waals surface area contributed by atoms with Crippen molar-refractivity contribution in [2.45, 2.75) is 52.5 Å². The van der Waals surface area contributed by atoms with Crippen LogP contribution in [-0.2, 0) is 19.1 Å². The Hall–Kier alpha value is -3.09. The summed E-state index contributed by atoms with van der Waals surface area (Å²) in [6.07, 6.45) is 8.99. The molecule has 0 aromatic carbocycles. The molecule has 1 N–H and O–H groups in total. The van der Waals surface area contributed by atoms with Crippen molar-refractivity contribution in [1.29, 1.82) is 0 Å². The Morgan fingerprint density at radius 3 is 2.70 bits per heavy atom. The number of aromatic amines is 1. The highest BCUT2D eigenvalue weighted by atomic mass is 16.5. The topological polar surface area (TPSA) is 84.5 Å².